The normalized spacial score (nSPS) is 10.3. The van der Waals surface area contributed by atoms with E-state index in [-0.39, 0.29) is 0 Å². The third kappa shape index (κ3) is 2.66. The summed E-state index contributed by atoms with van der Waals surface area (Å²) >= 11 is 0. The molecule has 0 N–H and O–H groups in total. The Morgan fingerprint density at radius 3 is 2.62 bits per heavy atom. The third-order valence-corrected chi connectivity index (χ3v) is 2.53. The lowest BCUT2D eigenvalue weighted by Gasteiger charge is -2.02. The van der Waals surface area contributed by atoms with Crippen LogP contribution in [-0.2, 0) is 6.42 Å². The van der Waals surface area contributed by atoms with Gasteiger partial charge in [-0.15, -0.1) is 0 Å². The molecule has 0 spiro atoms. The molecule has 0 saturated heterocycles. The van der Waals surface area contributed by atoms with E-state index in [0.29, 0.717) is 0 Å². The molecule has 2 aromatic rings. The van der Waals surface area contributed by atoms with Crippen LogP contribution in [0.1, 0.15) is 25.5 Å². The first-order valence-corrected chi connectivity index (χ1v) is 5.77. The summed E-state index contributed by atoms with van der Waals surface area (Å²) in [6.45, 7) is 2.19. The van der Waals surface area contributed by atoms with E-state index in [0.717, 1.165) is 23.5 Å². The second-order valence-corrected chi connectivity index (χ2v) is 3.84. The van der Waals surface area contributed by atoms with Crippen LogP contribution < -0.4 is 0 Å². The van der Waals surface area contributed by atoms with Crippen molar-refractivity contribution in [3.8, 4) is 11.4 Å². The average molecular weight is 212 g/mol. The number of aromatic nitrogens is 2. The summed E-state index contributed by atoms with van der Waals surface area (Å²) in [5, 5.41) is 0. The zero-order valence-electron chi connectivity index (χ0n) is 9.56. The van der Waals surface area contributed by atoms with Gasteiger partial charge in [-0.1, -0.05) is 43.7 Å². The van der Waals surface area contributed by atoms with Crippen LogP contribution >= 0.6 is 0 Å². The van der Waals surface area contributed by atoms with Crippen molar-refractivity contribution in [3.05, 3.63) is 48.3 Å². The van der Waals surface area contributed by atoms with E-state index >= 15 is 0 Å². The highest BCUT2D eigenvalue weighted by atomic mass is 14.9. The Kier molecular flexibility index (Phi) is 3.65. The van der Waals surface area contributed by atoms with E-state index in [9.17, 15) is 0 Å². The van der Waals surface area contributed by atoms with Crippen LogP contribution in [0.5, 0.6) is 0 Å². The molecule has 1 heterocycles. The fourth-order valence-electron chi connectivity index (χ4n) is 1.62. The number of hydrogen-bond acceptors (Lipinski definition) is 2. The van der Waals surface area contributed by atoms with Gasteiger partial charge < -0.3 is 0 Å². The molecule has 0 radical (unpaired) electrons. The van der Waals surface area contributed by atoms with Crippen molar-refractivity contribution < 1.29 is 0 Å². The van der Waals surface area contributed by atoms with Crippen LogP contribution in [0, 0.1) is 0 Å². The van der Waals surface area contributed by atoms with Gasteiger partial charge in [0.15, 0.2) is 5.82 Å². The summed E-state index contributed by atoms with van der Waals surface area (Å²) in [7, 11) is 0. The molecule has 0 atom stereocenters. The molecule has 0 saturated carbocycles. The Labute approximate surface area is 96.4 Å². The first-order valence-electron chi connectivity index (χ1n) is 5.77. The molecule has 1 aromatic carbocycles. The Balaban J connectivity index is 2.22. The molecule has 0 aliphatic rings. The molecule has 0 aliphatic carbocycles. The van der Waals surface area contributed by atoms with Crippen LogP contribution in [0.3, 0.4) is 0 Å². The molecule has 0 fully saturated rings. The van der Waals surface area contributed by atoms with E-state index < -0.39 is 0 Å². The van der Waals surface area contributed by atoms with Gasteiger partial charge in [0.1, 0.15) is 0 Å². The van der Waals surface area contributed by atoms with Crippen LogP contribution in [0.4, 0.5) is 0 Å². The van der Waals surface area contributed by atoms with Crippen molar-refractivity contribution in [1.82, 2.24) is 9.97 Å². The van der Waals surface area contributed by atoms with E-state index in [1.54, 1.807) is 0 Å². The highest BCUT2D eigenvalue weighted by Gasteiger charge is 2.01. The van der Waals surface area contributed by atoms with Crippen molar-refractivity contribution >= 4 is 0 Å². The van der Waals surface area contributed by atoms with E-state index in [2.05, 4.69) is 16.9 Å². The van der Waals surface area contributed by atoms with Crippen molar-refractivity contribution in [2.75, 3.05) is 0 Å². The van der Waals surface area contributed by atoms with Gasteiger partial charge in [0, 0.05) is 17.5 Å². The highest BCUT2D eigenvalue weighted by molar-refractivity contribution is 5.54. The van der Waals surface area contributed by atoms with Gasteiger partial charge in [0.25, 0.3) is 0 Å². The summed E-state index contributed by atoms with van der Waals surface area (Å²) in [4.78, 5) is 8.88. The van der Waals surface area contributed by atoms with Crippen LogP contribution in [-0.4, -0.2) is 9.97 Å². The lowest BCUT2D eigenvalue weighted by molar-refractivity contribution is 0.774. The Hall–Kier alpha value is -1.70. The Morgan fingerprint density at radius 2 is 1.88 bits per heavy atom. The van der Waals surface area contributed by atoms with Crippen molar-refractivity contribution in [1.29, 1.82) is 0 Å². The molecule has 16 heavy (non-hydrogen) atoms. The quantitative estimate of drug-likeness (QED) is 0.775. The molecule has 1 aromatic heterocycles. The maximum Gasteiger partial charge on any atom is 0.159 e. The number of aryl methyl sites for hydroxylation is 1. The first-order chi connectivity index (χ1) is 7.90. The summed E-state index contributed by atoms with van der Waals surface area (Å²) in [6.07, 6.45) is 5.27. The average Bonchev–Trinajstić information content (AvgIpc) is 2.38. The number of rotatable bonds is 4. The molecule has 0 aliphatic heterocycles. The topological polar surface area (TPSA) is 25.8 Å². The van der Waals surface area contributed by atoms with Gasteiger partial charge in [-0.3, -0.25) is 0 Å². The van der Waals surface area contributed by atoms with Crippen molar-refractivity contribution in [3.63, 3.8) is 0 Å². The second-order valence-electron chi connectivity index (χ2n) is 3.84. The van der Waals surface area contributed by atoms with Gasteiger partial charge >= 0.3 is 0 Å². The lowest BCUT2D eigenvalue weighted by Crippen LogP contribution is -1.94. The van der Waals surface area contributed by atoms with Crippen molar-refractivity contribution in [2.45, 2.75) is 26.2 Å². The monoisotopic (exact) mass is 212 g/mol. The summed E-state index contributed by atoms with van der Waals surface area (Å²) < 4.78 is 0. The predicted octanol–water partition coefficient (Wildman–Crippen LogP) is 3.49. The first kappa shape index (κ1) is 10.8. The van der Waals surface area contributed by atoms with Crippen LogP contribution in [0.2, 0.25) is 0 Å². The summed E-state index contributed by atoms with van der Waals surface area (Å²) in [5.74, 6) is 0.828. The predicted molar refractivity (Wildman–Crippen MR) is 66.1 cm³/mol. The Bertz CT molecular complexity index is 437. The van der Waals surface area contributed by atoms with Gasteiger partial charge in [-0.05, 0) is 18.9 Å². The second kappa shape index (κ2) is 5.40. The highest BCUT2D eigenvalue weighted by Crippen LogP contribution is 2.14. The number of benzene rings is 1. The van der Waals surface area contributed by atoms with E-state index in [1.165, 1.54) is 12.8 Å². The standard InChI is InChI=1S/C14H16N2/c1-2-3-9-13-10-11-15-14(16-13)12-7-5-4-6-8-12/h4-8,10-11H,2-3,9H2,1H3. The van der Waals surface area contributed by atoms with Crippen LogP contribution in [0.15, 0.2) is 42.6 Å². The molecule has 0 amide bonds. The molecule has 0 bridgehead atoms. The van der Waals surface area contributed by atoms with Gasteiger partial charge in [0.2, 0.25) is 0 Å². The van der Waals surface area contributed by atoms with E-state index in [1.807, 2.05) is 42.6 Å². The number of hydrogen-bond donors (Lipinski definition) is 0. The van der Waals surface area contributed by atoms with Gasteiger partial charge in [-0.25, -0.2) is 9.97 Å². The Morgan fingerprint density at radius 1 is 1.06 bits per heavy atom. The third-order valence-electron chi connectivity index (χ3n) is 2.53. The lowest BCUT2D eigenvalue weighted by atomic mass is 10.2. The van der Waals surface area contributed by atoms with Crippen molar-refractivity contribution in [2.24, 2.45) is 0 Å². The molecule has 0 unspecified atom stereocenters. The number of unbranched alkanes of at least 4 members (excludes halogenated alkanes) is 1. The largest absolute Gasteiger partial charge is 0.237 e. The minimum atomic E-state index is 0.828. The fourth-order valence-corrected chi connectivity index (χ4v) is 1.62. The zero-order chi connectivity index (χ0) is 11.2. The minimum absolute atomic E-state index is 0.828. The molecular formula is C14H16N2. The molecule has 2 heteroatoms. The smallest absolute Gasteiger partial charge is 0.159 e. The van der Waals surface area contributed by atoms with E-state index in [4.69, 9.17) is 0 Å². The summed E-state index contributed by atoms with van der Waals surface area (Å²) in [6, 6.07) is 12.1. The van der Waals surface area contributed by atoms with Crippen LogP contribution in [0.25, 0.3) is 11.4 Å². The molecule has 82 valence electrons. The molecular weight excluding hydrogens is 196 g/mol. The maximum absolute atomic E-state index is 4.57. The molecule has 2 rings (SSSR count). The zero-order valence-corrected chi connectivity index (χ0v) is 9.56. The molecule has 2 nitrogen and oxygen atoms in total. The van der Waals surface area contributed by atoms with Gasteiger partial charge in [0.05, 0.1) is 0 Å². The summed E-state index contributed by atoms with van der Waals surface area (Å²) in [5.41, 5.74) is 2.22. The fraction of sp³-hybridized carbons (Fsp3) is 0.286. The SMILES string of the molecule is CCCCc1ccnc(-c2ccccc2)n1. The van der Waals surface area contributed by atoms with Gasteiger partial charge in [-0.2, -0.15) is 0 Å². The number of nitrogens with zero attached hydrogens (tertiary/aromatic N) is 2. The maximum atomic E-state index is 4.57. The minimum Gasteiger partial charge on any atom is -0.237 e.